The Hall–Kier alpha value is -2.90. The van der Waals surface area contributed by atoms with Crippen molar-refractivity contribution in [2.45, 2.75) is 101 Å². The van der Waals surface area contributed by atoms with Gasteiger partial charge in [0.15, 0.2) is 0 Å². The lowest BCUT2D eigenvalue weighted by Gasteiger charge is -2.47. The number of carbonyl (C=O) groups is 2. The number of halogens is 1. The van der Waals surface area contributed by atoms with Gasteiger partial charge in [-0.05, 0) is 76.5 Å². The van der Waals surface area contributed by atoms with Crippen LogP contribution in [0.2, 0.25) is 0 Å². The van der Waals surface area contributed by atoms with Crippen molar-refractivity contribution in [2.75, 3.05) is 31.2 Å². The molecule has 4 heterocycles. The van der Waals surface area contributed by atoms with Gasteiger partial charge in [-0.3, -0.25) is 14.6 Å². The maximum absolute atomic E-state index is 15.4. The molecule has 0 spiro atoms. The number of piperidine rings is 1. The number of nitriles is 1. The molecule has 4 aliphatic heterocycles. The standard InChI is InChI=1S/C30H40FN5O4/c1-30(2,3)40-29(38)36-21-7-5-19(11-21)27(36)28(37)33-20(13-32)10-18-4-6-22(12-26(18)31)35-23-8-9-24(35)15-34(14-23)25-16-39-17-25/h4,6,12,19-21,23-25,27H,5,7-11,14-17H2,1-3H3,(H,33,37)/t19-,20-,21+,23?,24?,27-/m0/s1. The number of likely N-dealkylation sites (tertiary alicyclic amines) is 2. The first kappa shape index (κ1) is 27.3. The number of nitrogens with one attached hydrogen (secondary N) is 1. The summed E-state index contributed by atoms with van der Waals surface area (Å²) in [6.45, 7) is 8.96. The first-order valence-corrected chi connectivity index (χ1v) is 14.7. The monoisotopic (exact) mass is 553 g/mol. The van der Waals surface area contributed by atoms with Crippen LogP contribution in [-0.4, -0.2) is 90.0 Å². The molecule has 5 fully saturated rings. The second-order valence-corrected chi connectivity index (χ2v) is 13.2. The zero-order chi connectivity index (χ0) is 28.2. The lowest BCUT2D eigenvalue weighted by molar-refractivity contribution is -0.128. The summed E-state index contributed by atoms with van der Waals surface area (Å²) in [5.74, 6) is -0.690. The summed E-state index contributed by atoms with van der Waals surface area (Å²) >= 11 is 0. The third-order valence-corrected chi connectivity index (χ3v) is 9.34. The van der Waals surface area contributed by atoms with Crippen LogP contribution in [-0.2, 0) is 20.7 Å². The molecule has 6 rings (SSSR count). The maximum Gasteiger partial charge on any atom is 0.411 e. The summed E-state index contributed by atoms with van der Waals surface area (Å²) in [5, 5.41) is 12.6. The highest BCUT2D eigenvalue weighted by molar-refractivity contribution is 5.87. The molecule has 2 amide bonds. The van der Waals surface area contributed by atoms with Crippen molar-refractivity contribution in [1.29, 1.82) is 5.26 Å². The fourth-order valence-electron chi connectivity index (χ4n) is 7.46. The van der Waals surface area contributed by atoms with Crippen molar-refractivity contribution >= 4 is 17.7 Å². The van der Waals surface area contributed by atoms with Crippen LogP contribution in [0.4, 0.5) is 14.9 Å². The number of amides is 2. The van der Waals surface area contributed by atoms with E-state index in [9.17, 15) is 14.9 Å². The number of hydrogen-bond donors (Lipinski definition) is 1. The molecule has 6 atom stereocenters. The van der Waals surface area contributed by atoms with Gasteiger partial charge in [-0.25, -0.2) is 9.18 Å². The summed E-state index contributed by atoms with van der Waals surface area (Å²) in [4.78, 5) is 32.8. The van der Waals surface area contributed by atoms with Gasteiger partial charge in [0, 0.05) is 43.3 Å². The van der Waals surface area contributed by atoms with E-state index in [1.165, 1.54) is 0 Å². The van der Waals surface area contributed by atoms with Crippen molar-refractivity contribution in [2.24, 2.45) is 5.92 Å². The van der Waals surface area contributed by atoms with Gasteiger partial charge in [0.05, 0.1) is 25.3 Å². The van der Waals surface area contributed by atoms with Gasteiger partial charge in [-0.2, -0.15) is 5.26 Å². The van der Waals surface area contributed by atoms with Crippen LogP contribution in [0, 0.1) is 23.1 Å². The average molecular weight is 554 g/mol. The van der Waals surface area contributed by atoms with Crippen molar-refractivity contribution in [3.05, 3.63) is 29.6 Å². The lowest BCUT2D eigenvalue weighted by Crippen LogP contribution is -2.60. The summed E-state index contributed by atoms with van der Waals surface area (Å²) in [7, 11) is 0. The Morgan fingerprint density at radius 3 is 2.42 bits per heavy atom. The van der Waals surface area contributed by atoms with Gasteiger partial charge in [-0.15, -0.1) is 0 Å². The first-order chi connectivity index (χ1) is 19.1. The van der Waals surface area contributed by atoms with Crippen LogP contribution in [0.3, 0.4) is 0 Å². The predicted octanol–water partition coefficient (Wildman–Crippen LogP) is 3.22. The number of anilines is 1. The fraction of sp³-hybridized carbons (Fsp3) is 0.700. The zero-order valence-corrected chi connectivity index (χ0v) is 23.6. The Bertz CT molecular complexity index is 1180. The number of fused-ring (bicyclic) bond motifs is 4. The molecule has 9 nitrogen and oxygen atoms in total. The SMILES string of the molecule is CC(C)(C)OC(=O)N1[C@@H]2CC[C@@H](C2)[C@H]1C(=O)N[C@H](C#N)Cc1ccc(N2C3CCC2CN(C2COC2)C3)cc1F. The summed E-state index contributed by atoms with van der Waals surface area (Å²) in [6, 6.07) is 7.05. The van der Waals surface area contributed by atoms with Gasteiger partial charge >= 0.3 is 6.09 Å². The largest absolute Gasteiger partial charge is 0.444 e. The molecule has 40 heavy (non-hydrogen) atoms. The summed E-state index contributed by atoms with van der Waals surface area (Å²) < 4.78 is 26.4. The van der Waals surface area contributed by atoms with Crippen molar-refractivity contribution in [3.63, 3.8) is 0 Å². The molecule has 1 aromatic rings. The van der Waals surface area contributed by atoms with Crippen LogP contribution in [0.5, 0.6) is 0 Å². The van der Waals surface area contributed by atoms with Crippen molar-refractivity contribution in [1.82, 2.24) is 15.1 Å². The topological polar surface area (TPSA) is 98.1 Å². The normalized spacial score (nSPS) is 30.6. The molecule has 216 valence electrons. The average Bonchev–Trinajstić information content (AvgIpc) is 3.54. The van der Waals surface area contributed by atoms with E-state index >= 15 is 4.39 Å². The first-order valence-electron chi connectivity index (χ1n) is 14.7. The third-order valence-electron chi connectivity index (χ3n) is 9.34. The van der Waals surface area contributed by atoms with Gasteiger partial charge in [0.1, 0.15) is 23.5 Å². The van der Waals surface area contributed by atoms with E-state index in [0.717, 1.165) is 64.1 Å². The molecule has 10 heteroatoms. The third kappa shape index (κ3) is 5.14. The number of piperazine rings is 1. The Morgan fingerprint density at radius 1 is 1.12 bits per heavy atom. The molecule has 0 aromatic heterocycles. The second kappa shape index (κ2) is 10.5. The van der Waals surface area contributed by atoms with E-state index in [1.807, 2.05) is 6.07 Å². The number of ether oxygens (including phenoxy) is 2. The molecule has 1 aliphatic carbocycles. The van der Waals surface area contributed by atoms with Crippen LogP contribution in [0.25, 0.3) is 0 Å². The second-order valence-electron chi connectivity index (χ2n) is 13.2. The quantitative estimate of drug-likeness (QED) is 0.578. The predicted molar refractivity (Wildman–Crippen MR) is 146 cm³/mol. The maximum atomic E-state index is 15.4. The van der Waals surface area contributed by atoms with E-state index < -0.39 is 23.8 Å². The molecule has 1 aromatic carbocycles. The van der Waals surface area contributed by atoms with Crippen LogP contribution in [0.15, 0.2) is 18.2 Å². The highest BCUT2D eigenvalue weighted by atomic mass is 19.1. The Labute approximate surface area is 235 Å². The Morgan fingerprint density at radius 2 is 1.82 bits per heavy atom. The van der Waals surface area contributed by atoms with E-state index in [1.54, 1.807) is 37.8 Å². The molecule has 1 saturated carbocycles. The van der Waals surface area contributed by atoms with Crippen molar-refractivity contribution in [3.8, 4) is 6.07 Å². The number of nitrogens with zero attached hydrogens (tertiary/aromatic N) is 4. The molecule has 0 radical (unpaired) electrons. The van der Waals surface area contributed by atoms with Crippen LogP contribution in [0.1, 0.15) is 58.4 Å². The van der Waals surface area contributed by atoms with Crippen LogP contribution < -0.4 is 10.2 Å². The minimum atomic E-state index is -0.906. The molecule has 5 aliphatic rings. The number of carbonyl (C=O) groups excluding carboxylic acids is 2. The van der Waals surface area contributed by atoms with Gasteiger partial charge in [-0.1, -0.05) is 6.07 Å². The summed E-state index contributed by atoms with van der Waals surface area (Å²) in [5.41, 5.74) is 0.605. The molecule has 2 unspecified atom stereocenters. The van der Waals surface area contributed by atoms with Crippen molar-refractivity contribution < 1.29 is 23.5 Å². The van der Waals surface area contributed by atoms with Crippen LogP contribution >= 0.6 is 0 Å². The molecule has 4 bridgehead atoms. The van der Waals surface area contributed by atoms with E-state index in [0.29, 0.717) is 23.7 Å². The highest BCUT2D eigenvalue weighted by Gasteiger charge is 2.52. The van der Waals surface area contributed by atoms with E-state index in [2.05, 4.69) is 21.2 Å². The van der Waals surface area contributed by atoms with E-state index in [4.69, 9.17) is 9.47 Å². The number of hydrogen-bond acceptors (Lipinski definition) is 7. The lowest BCUT2D eigenvalue weighted by atomic mass is 9.97. The highest BCUT2D eigenvalue weighted by Crippen LogP contribution is 2.43. The molecule has 1 N–H and O–H groups in total. The zero-order valence-electron chi connectivity index (χ0n) is 23.6. The fourth-order valence-corrected chi connectivity index (χ4v) is 7.46. The molecular formula is C30H40FN5O4. The minimum absolute atomic E-state index is 0.0275. The van der Waals surface area contributed by atoms with Gasteiger partial charge in [0.25, 0.3) is 0 Å². The van der Waals surface area contributed by atoms with E-state index in [-0.39, 0.29) is 30.1 Å². The Balaban J connectivity index is 1.10. The number of rotatable bonds is 6. The smallest absolute Gasteiger partial charge is 0.411 e. The number of benzene rings is 1. The van der Waals surface area contributed by atoms with Gasteiger partial charge < -0.3 is 19.7 Å². The van der Waals surface area contributed by atoms with Gasteiger partial charge in [0.2, 0.25) is 5.91 Å². The molecular weight excluding hydrogens is 513 g/mol. The molecule has 4 saturated heterocycles. The summed E-state index contributed by atoms with van der Waals surface area (Å²) in [6.07, 6.45) is 4.23. The minimum Gasteiger partial charge on any atom is -0.444 e. The Kier molecular flexibility index (Phi) is 7.16.